The Balaban J connectivity index is 1.91. The second kappa shape index (κ2) is 4.13. The number of carbonyl (C=O) groups excluding carboxylic acids is 1. The molecule has 4 heteroatoms. The molecule has 0 aliphatic carbocycles. The lowest BCUT2D eigenvalue weighted by Gasteiger charge is -2.27. The minimum atomic E-state index is 0.209. The van der Waals surface area contributed by atoms with Crippen LogP contribution in [0.2, 0.25) is 0 Å². The van der Waals surface area contributed by atoms with E-state index < -0.39 is 0 Å². The molecule has 2 rings (SSSR count). The van der Waals surface area contributed by atoms with Gasteiger partial charge in [0.1, 0.15) is 0 Å². The van der Waals surface area contributed by atoms with E-state index in [9.17, 15) is 4.79 Å². The Bertz CT molecular complexity index is 198. The fourth-order valence-corrected chi connectivity index (χ4v) is 2.66. The van der Waals surface area contributed by atoms with Crippen LogP contribution in [0.1, 0.15) is 25.7 Å². The second-order valence-electron chi connectivity index (χ2n) is 3.80. The standard InChI is InChI=1S/C9H14INO2/c10-5-11-9(12)6-3-7-1-2-8(4-6)13-7/h6-8H,1-5H2,(H,11,12). The normalized spacial score (nSPS) is 37.5. The number of alkyl halides is 1. The lowest BCUT2D eigenvalue weighted by molar-refractivity contribution is -0.130. The van der Waals surface area contributed by atoms with E-state index in [0.29, 0.717) is 16.8 Å². The quantitative estimate of drug-likeness (QED) is 0.476. The number of hydrogen-bond donors (Lipinski definition) is 1. The molecule has 2 unspecified atom stereocenters. The average Bonchev–Trinajstić information content (AvgIpc) is 2.46. The summed E-state index contributed by atoms with van der Waals surface area (Å²) in [5.74, 6) is 0.426. The topological polar surface area (TPSA) is 38.3 Å². The molecule has 74 valence electrons. The predicted molar refractivity (Wildman–Crippen MR) is 57.6 cm³/mol. The van der Waals surface area contributed by atoms with Crippen LogP contribution in [0.4, 0.5) is 0 Å². The van der Waals surface area contributed by atoms with E-state index in [1.165, 1.54) is 0 Å². The highest BCUT2D eigenvalue weighted by molar-refractivity contribution is 14.1. The number of halogens is 1. The molecule has 0 spiro atoms. The number of rotatable bonds is 2. The number of amides is 1. The number of nitrogens with one attached hydrogen (secondary N) is 1. The van der Waals surface area contributed by atoms with Gasteiger partial charge in [-0.15, -0.1) is 0 Å². The van der Waals surface area contributed by atoms with Crippen molar-refractivity contribution in [2.75, 3.05) is 4.55 Å². The molecule has 2 aliphatic rings. The van der Waals surface area contributed by atoms with Gasteiger partial charge in [0, 0.05) is 5.92 Å². The van der Waals surface area contributed by atoms with Crippen molar-refractivity contribution in [3.8, 4) is 0 Å². The molecule has 0 radical (unpaired) electrons. The van der Waals surface area contributed by atoms with Crippen molar-refractivity contribution in [2.45, 2.75) is 37.9 Å². The minimum absolute atomic E-state index is 0.209. The minimum Gasteiger partial charge on any atom is -0.375 e. The second-order valence-corrected chi connectivity index (χ2v) is 4.56. The monoisotopic (exact) mass is 295 g/mol. The van der Waals surface area contributed by atoms with Gasteiger partial charge < -0.3 is 10.1 Å². The van der Waals surface area contributed by atoms with Crippen LogP contribution < -0.4 is 5.32 Å². The van der Waals surface area contributed by atoms with Gasteiger partial charge >= 0.3 is 0 Å². The van der Waals surface area contributed by atoms with Crippen molar-refractivity contribution in [3.63, 3.8) is 0 Å². The van der Waals surface area contributed by atoms with Gasteiger partial charge in [0.05, 0.1) is 16.8 Å². The van der Waals surface area contributed by atoms with Crippen LogP contribution in [0.3, 0.4) is 0 Å². The van der Waals surface area contributed by atoms with E-state index in [0.717, 1.165) is 25.7 Å². The number of ether oxygens (including phenoxy) is 1. The predicted octanol–water partition coefficient (Wildman–Crippen LogP) is 1.45. The molecule has 2 heterocycles. The molecule has 0 aromatic heterocycles. The van der Waals surface area contributed by atoms with Crippen molar-refractivity contribution >= 4 is 28.5 Å². The van der Waals surface area contributed by atoms with Gasteiger partial charge in [-0.1, -0.05) is 22.6 Å². The summed E-state index contributed by atoms with van der Waals surface area (Å²) in [5, 5.41) is 2.88. The number of carbonyl (C=O) groups is 1. The van der Waals surface area contributed by atoms with Crippen LogP contribution in [0.5, 0.6) is 0 Å². The van der Waals surface area contributed by atoms with Gasteiger partial charge in [-0.25, -0.2) is 0 Å². The van der Waals surface area contributed by atoms with Gasteiger partial charge in [0.15, 0.2) is 0 Å². The zero-order chi connectivity index (χ0) is 9.26. The van der Waals surface area contributed by atoms with E-state index in [-0.39, 0.29) is 11.8 Å². The maximum Gasteiger partial charge on any atom is 0.223 e. The van der Waals surface area contributed by atoms with Crippen molar-refractivity contribution in [2.24, 2.45) is 5.92 Å². The van der Waals surface area contributed by atoms with Crippen molar-refractivity contribution in [1.29, 1.82) is 0 Å². The number of fused-ring (bicyclic) bond motifs is 2. The summed E-state index contributed by atoms with van der Waals surface area (Å²) in [5.41, 5.74) is 0. The highest BCUT2D eigenvalue weighted by Crippen LogP contribution is 2.35. The third kappa shape index (κ3) is 2.15. The Hall–Kier alpha value is 0.160. The zero-order valence-corrected chi connectivity index (χ0v) is 9.62. The Labute approximate surface area is 91.7 Å². The molecular formula is C9H14INO2. The summed E-state index contributed by atoms with van der Waals surface area (Å²) >= 11 is 2.16. The third-order valence-corrected chi connectivity index (χ3v) is 3.28. The summed E-state index contributed by atoms with van der Waals surface area (Å²) < 4.78 is 6.39. The van der Waals surface area contributed by atoms with Gasteiger partial charge in [0.2, 0.25) is 5.91 Å². The van der Waals surface area contributed by atoms with Crippen LogP contribution in [-0.2, 0) is 9.53 Å². The van der Waals surface area contributed by atoms with Crippen molar-refractivity contribution in [1.82, 2.24) is 5.32 Å². The molecule has 1 N–H and O–H groups in total. The fourth-order valence-electron chi connectivity index (χ4n) is 2.28. The Kier molecular flexibility index (Phi) is 3.08. The van der Waals surface area contributed by atoms with Crippen LogP contribution in [0, 0.1) is 5.92 Å². The van der Waals surface area contributed by atoms with E-state index in [1.54, 1.807) is 0 Å². The highest BCUT2D eigenvalue weighted by Gasteiger charge is 2.37. The molecule has 0 aromatic carbocycles. The van der Waals surface area contributed by atoms with Crippen LogP contribution in [0.25, 0.3) is 0 Å². The summed E-state index contributed by atoms with van der Waals surface area (Å²) in [6.45, 7) is 0. The Morgan fingerprint density at radius 3 is 2.54 bits per heavy atom. The lowest BCUT2D eigenvalue weighted by Crippen LogP contribution is -2.36. The fraction of sp³-hybridized carbons (Fsp3) is 0.889. The average molecular weight is 295 g/mol. The highest BCUT2D eigenvalue weighted by atomic mass is 127. The molecule has 0 aromatic rings. The molecule has 3 nitrogen and oxygen atoms in total. The van der Waals surface area contributed by atoms with Gasteiger partial charge in [-0.2, -0.15) is 0 Å². The smallest absolute Gasteiger partial charge is 0.223 e. The maximum atomic E-state index is 11.5. The molecule has 2 fully saturated rings. The first-order valence-corrected chi connectivity index (χ1v) is 6.31. The van der Waals surface area contributed by atoms with Gasteiger partial charge in [0.25, 0.3) is 0 Å². The van der Waals surface area contributed by atoms with Crippen LogP contribution >= 0.6 is 22.6 Å². The molecular weight excluding hydrogens is 281 g/mol. The maximum absolute atomic E-state index is 11.5. The summed E-state index contributed by atoms with van der Waals surface area (Å²) in [6, 6.07) is 0. The van der Waals surface area contributed by atoms with Crippen molar-refractivity contribution < 1.29 is 9.53 Å². The third-order valence-electron chi connectivity index (χ3n) is 2.90. The molecule has 2 bridgehead atoms. The van der Waals surface area contributed by atoms with Crippen LogP contribution in [-0.4, -0.2) is 22.7 Å². The first kappa shape index (κ1) is 9.71. The van der Waals surface area contributed by atoms with Crippen molar-refractivity contribution in [3.05, 3.63) is 0 Å². The molecule has 0 saturated carbocycles. The molecule has 2 aliphatic heterocycles. The lowest BCUT2D eigenvalue weighted by atomic mass is 9.95. The van der Waals surface area contributed by atoms with E-state index in [4.69, 9.17) is 4.74 Å². The molecule has 13 heavy (non-hydrogen) atoms. The summed E-state index contributed by atoms with van der Waals surface area (Å²) in [4.78, 5) is 11.5. The van der Waals surface area contributed by atoms with E-state index in [1.807, 2.05) is 0 Å². The van der Waals surface area contributed by atoms with Gasteiger partial charge in [-0.3, -0.25) is 4.79 Å². The first-order chi connectivity index (χ1) is 6.29. The largest absolute Gasteiger partial charge is 0.375 e. The van der Waals surface area contributed by atoms with Crippen LogP contribution in [0.15, 0.2) is 0 Å². The number of hydrogen-bond acceptors (Lipinski definition) is 2. The Morgan fingerprint density at radius 2 is 2.00 bits per heavy atom. The summed E-state index contributed by atoms with van der Waals surface area (Å²) in [6.07, 6.45) is 4.89. The van der Waals surface area contributed by atoms with Gasteiger partial charge in [-0.05, 0) is 25.7 Å². The molecule has 2 saturated heterocycles. The van der Waals surface area contributed by atoms with E-state index >= 15 is 0 Å². The first-order valence-electron chi connectivity index (χ1n) is 4.78. The zero-order valence-electron chi connectivity index (χ0n) is 7.46. The summed E-state index contributed by atoms with van der Waals surface area (Å²) in [7, 11) is 0. The molecule has 1 amide bonds. The van der Waals surface area contributed by atoms with E-state index in [2.05, 4.69) is 27.9 Å². The SMILES string of the molecule is O=C(NCI)C1CC2CCC(C1)O2. The molecule has 2 atom stereocenters. The Morgan fingerprint density at radius 1 is 1.38 bits per heavy atom.